The van der Waals surface area contributed by atoms with E-state index in [1.165, 1.54) is 12.1 Å². The predicted molar refractivity (Wildman–Crippen MR) is 66.5 cm³/mol. The molecule has 1 atom stereocenters. The van der Waals surface area contributed by atoms with Crippen molar-refractivity contribution in [2.24, 2.45) is 5.92 Å². The summed E-state index contributed by atoms with van der Waals surface area (Å²) < 4.78 is 0. The van der Waals surface area contributed by atoms with Crippen molar-refractivity contribution in [2.45, 2.75) is 26.3 Å². The number of rotatable bonds is 5. The number of carbonyl (C=O) groups excluding carboxylic acids is 1. The van der Waals surface area contributed by atoms with Gasteiger partial charge in [0.2, 0.25) is 0 Å². The first-order chi connectivity index (χ1) is 8.41. The Morgan fingerprint density at radius 2 is 1.89 bits per heavy atom. The van der Waals surface area contributed by atoms with Crippen LogP contribution >= 0.6 is 0 Å². The van der Waals surface area contributed by atoms with E-state index in [1.807, 2.05) is 13.8 Å². The van der Waals surface area contributed by atoms with Crippen LogP contribution in [0.15, 0.2) is 24.3 Å². The molecule has 3 N–H and O–H groups in total. The number of amides is 1. The molecule has 1 aromatic carbocycles. The molecule has 0 aliphatic rings. The van der Waals surface area contributed by atoms with Crippen molar-refractivity contribution in [3.05, 3.63) is 29.8 Å². The summed E-state index contributed by atoms with van der Waals surface area (Å²) in [5, 5.41) is 20.9. The minimum Gasteiger partial charge on any atom is -0.507 e. The number of carboxylic acid groups (broad SMARTS) is 1. The molecule has 0 bridgehead atoms. The van der Waals surface area contributed by atoms with E-state index in [9.17, 15) is 14.7 Å². The van der Waals surface area contributed by atoms with Crippen LogP contribution in [0.1, 0.15) is 30.6 Å². The van der Waals surface area contributed by atoms with Gasteiger partial charge in [-0.3, -0.25) is 4.79 Å². The predicted octanol–water partition coefficient (Wildman–Crippen LogP) is 1.62. The normalized spacial score (nSPS) is 12.2. The van der Waals surface area contributed by atoms with Gasteiger partial charge in [0, 0.05) is 0 Å². The lowest BCUT2D eigenvalue weighted by molar-refractivity contribution is -0.139. The van der Waals surface area contributed by atoms with Crippen LogP contribution in [0.25, 0.3) is 0 Å². The molecule has 0 aromatic heterocycles. The smallest absolute Gasteiger partial charge is 0.326 e. The summed E-state index contributed by atoms with van der Waals surface area (Å²) in [6.07, 6.45) is 0.342. The molecule has 18 heavy (non-hydrogen) atoms. The van der Waals surface area contributed by atoms with Crippen molar-refractivity contribution in [1.82, 2.24) is 5.32 Å². The largest absolute Gasteiger partial charge is 0.507 e. The molecule has 0 saturated heterocycles. The highest BCUT2D eigenvalue weighted by Gasteiger charge is 2.22. The number of carboxylic acids is 1. The summed E-state index contributed by atoms with van der Waals surface area (Å²) in [7, 11) is 0. The summed E-state index contributed by atoms with van der Waals surface area (Å²) in [4.78, 5) is 22.8. The molecule has 0 fully saturated rings. The van der Waals surface area contributed by atoms with E-state index in [-0.39, 0.29) is 17.2 Å². The van der Waals surface area contributed by atoms with Gasteiger partial charge < -0.3 is 15.5 Å². The van der Waals surface area contributed by atoms with E-state index in [0.717, 1.165) is 0 Å². The zero-order valence-electron chi connectivity index (χ0n) is 10.4. The van der Waals surface area contributed by atoms with Gasteiger partial charge in [0.15, 0.2) is 0 Å². The Morgan fingerprint density at radius 1 is 1.28 bits per heavy atom. The maximum absolute atomic E-state index is 11.8. The van der Waals surface area contributed by atoms with Gasteiger partial charge in [-0.15, -0.1) is 0 Å². The van der Waals surface area contributed by atoms with Gasteiger partial charge in [-0.05, 0) is 24.5 Å². The third kappa shape index (κ3) is 3.76. The van der Waals surface area contributed by atoms with Gasteiger partial charge in [-0.1, -0.05) is 26.0 Å². The van der Waals surface area contributed by atoms with Crippen molar-refractivity contribution in [3.8, 4) is 5.75 Å². The average Bonchev–Trinajstić information content (AvgIpc) is 2.27. The number of hydrogen-bond acceptors (Lipinski definition) is 3. The number of aromatic hydroxyl groups is 1. The van der Waals surface area contributed by atoms with E-state index < -0.39 is 17.9 Å². The molecule has 1 rings (SSSR count). The summed E-state index contributed by atoms with van der Waals surface area (Å²) in [6.45, 7) is 3.75. The zero-order valence-corrected chi connectivity index (χ0v) is 10.4. The molecular formula is C13H17NO4. The quantitative estimate of drug-likeness (QED) is 0.742. The molecule has 5 nitrogen and oxygen atoms in total. The van der Waals surface area contributed by atoms with Crippen molar-refractivity contribution in [1.29, 1.82) is 0 Å². The second-order valence-corrected chi connectivity index (χ2v) is 4.51. The fourth-order valence-corrected chi connectivity index (χ4v) is 1.59. The van der Waals surface area contributed by atoms with Crippen LogP contribution in [0.5, 0.6) is 5.75 Å². The standard InChI is InChI=1S/C13H17NO4/c1-8(2)7-10(13(17)18)14-12(16)9-5-3-4-6-11(9)15/h3-6,8,10,15H,7H2,1-2H3,(H,14,16)(H,17,18)/t10-/m0/s1. The van der Waals surface area contributed by atoms with Gasteiger partial charge in [-0.2, -0.15) is 0 Å². The highest BCUT2D eigenvalue weighted by Crippen LogP contribution is 2.16. The number of para-hydroxylation sites is 1. The summed E-state index contributed by atoms with van der Waals surface area (Å²) in [6, 6.07) is 5.07. The Bertz CT molecular complexity index is 442. The van der Waals surface area contributed by atoms with E-state index in [2.05, 4.69) is 5.32 Å². The molecule has 0 radical (unpaired) electrons. The van der Waals surface area contributed by atoms with Crippen LogP contribution in [-0.2, 0) is 4.79 Å². The van der Waals surface area contributed by atoms with Crippen LogP contribution < -0.4 is 5.32 Å². The third-order valence-electron chi connectivity index (χ3n) is 2.46. The number of phenols is 1. The SMILES string of the molecule is CC(C)C[C@H](NC(=O)c1ccccc1O)C(=O)O. The molecule has 1 aromatic rings. The molecule has 0 spiro atoms. The third-order valence-corrected chi connectivity index (χ3v) is 2.46. The van der Waals surface area contributed by atoms with Crippen LogP contribution in [0.4, 0.5) is 0 Å². The molecule has 0 heterocycles. The van der Waals surface area contributed by atoms with Crippen molar-refractivity contribution in [2.75, 3.05) is 0 Å². The topological polar surface area (TPSA) is 86.6 Å². The van der Waals surface area contributed by atoms with Gasteiger partial charge in [0.05, 0.1) is 5.56 Å². The first-order valence-electron chi connectivity index (χ1n) is 5.73. The van der Waals surface area contributed by atoms with E-state index >= 15 is 0 Å². The second kappa shape index (κ2) is 6.05. The lowest BCUT2D eigenvalue weighted by Gasteiger charge is -2.16. The second-order valence-electron chi connectivity index (χ2n) is 4.51. The lowest BCUT2D eigenvalue weighted by atomic mass is 10.0. The molecule has 1 amide bonds. The number of carbonyl (C=O) groups is 2. The fraction of sp³-hybridized carbons (Fsp3) is 0.385. The Morgan fingerprint density at radius 3 is 2.39 bits per heavy atom. The molecule has 5 heteroatoms. The highest BCUT2D eigenvalue weighted by atomic mass is 16.4. The molecule has 98 valence electrons. The first-order valence-corrected chi connectivity index (χ1v) is 5.73. The monoisotopic (exact) mass is 251 g/mol. The molecule has 0 saturated carbocycles. The maximum atomic E-state index is 11.8. The molecule has 0 aliphatic heterocycles. The Kier molecular flexibility index (Phi) is 4.71. The van der Waals surface area contributed by atoms with Crippen molar-refractivity contribution >= 4 is 11.9 Å². The Hall–Kier alpha value is -2.04. The molecule has 0 unspecified atom stereocenters. The first kappa shape index (κ1) is 14.0. The summed E-state index contributed by atoms with van der Waals surface area (Å²) >= 11 is 0. The minimum atomic E-state index is -1.08. The van der Waals surface area contributed by atoms with Crippen LogP contribution in [0, 0.1) is 5.92 Å². The van der Waals surface area contributed by atoms with E-state index in [0.29, 0.717) is 6.42 Å². The van der Waals surface area contributed by atoms with Crippen LogP contribution in [-0.4, -0.2) is 28.1 Å². The van der Waals surface area contributed by atoms with Gasteiger partial charge in [0.1, 0.15) is 11.8 Å². The van der Waals surface area contributed by atoms with Gasteiger partial charge in [-0.25, -0.2) is 4.79 Å². The zero-order chi connectivity index (χ0) is 13.7. The van der Waals surface area contributed by atoms with E-state index in [1.54, 1.807) is 12.1 Å². The average molecular weight is 251 g/mol. The maximum Gasteiger partial charge on any atom is 0.326 e. The fourth-order valence-electron chi connectivity index (χ4n) is 1.59. The molecule has 0 aliphatic carbocycles. The van der Waals surface area contributed by atoms with Crippen LogP contribution in [0.2, 0.25) is 0 Å². The van der Waals surface area contributed by atoms with Crippen molar-refractivity contribution < 1.29 is 19.8 Å². The number of aliphatic carboxylic acids is 1. The summed E-state index contributed by atoms with van der Waals surface area (Å²) in [5.74, 6) is -1.67. The Labute approximate surface area is 105 Å². The number of hydrogen-bond donors (Lipinski definition) is 3. The Balaban J connectivity index is 2.79. The van der Waals surface area contributed by atoms with Crippen LogP contribution in [0.3, 0.4) is 0 Å². The number of benzene rings is 1. The van der Waals surface area contributed by atoms with Gasteiger partial charge in [0.25, 0.3) is 5.91 Å². The van der Waals surface area contributed by atoms with E-state index in [4.69, 9.17) is 5.11 Å². The number of phenolic OH excluding ortho intramolecular Hbond substituents is 1. The molecular weight excluding hydrogens is 234 g/mol. The minimum absolute atomic E-state index is 0.0764. The number of nitrogens with one attached hydrogen (secondary N) is 1. The summed E-state index contributed by atoms with van der Waals surface area (Å²) in [5.41, 5.74) is 0.0764. The highest BCUT2D eigenvalue weighted by molar-refractivity contribution is 5.98. The van der Waals surface area contributed by atoms with Crippen molar-refractivity contribution in [3.63, 3.8) is 0 Å². The lowest BCUT2D eigenvalue weighted by Crippen LogP contribution is -2.41. The van der Waals surface area contributed by atoms with Gasteiger partial charge >= 0.3 is 5.97 Å².